The topological polar surface area (TPSA) is 47.6 Å². The molecule has 0 aliphatic heterocycles. The predicted octanol–water partition coefficient (Wildman–Crippen LogP) is 3.18. The second-order valence-electron chi connectivity index (χ2n) is 4.49. The maximum absolute atomic E-state index is 13.0. The van der Waals surface area contributed by atoms with Crippen molar-refractivity contribution in [3.63, 3.8) is 0 Å². The average Bonchev–Trinajstić information content (AvgIpc) is 2.54. The molecule has 0 fully saturated rings. The fourth-order valence-corrected chi connectivity index (χ4v) is 1.92. The normalized spacial score (nSPS) is 10.1. The third-order valence-corrected chi connectivity index (χ3v) is 3.17. The molecule has 6 heteroatoms. The lowest BCUT2D eigenvalue weighted by Gasteiger charge is -2.09. The third-order valence-electron chi connectivity index (χ3n) is 2.88. The van der Waals surface area contributed by atoms with E-state index in [9.17, 15) is 9.18 Å². The average molecular weight is 324 g/mol. The first-order chi connectivity index (χ1) is 10.6. The van der Waals surface area contributed by atoms with E-state index >= 15 is 0 Å². The Morgan fingerprint density at radius 1 is 1.23 bits per heavy atom. The molecule has 0 aliphatic carbocycles. The molecule has 22 heavy (non-hydrogen) atoms. The van der Waals surface area contributed by atoms with Gasteiger partial charge in [-0.3, -0.25) is 4.79 Å². The molecule has 0 aromatic heterocycles. The lowest BCUT2D eigenvalue weighted by atomic mass is 10.2. The first-order valence-electron chi connectivity index (χ1n) is 6.56. The fourth-order valence-electron chi connectivity index (χ4n) is 1.75. The second kappa shape index (κ2) is 7.66. The Labute approximate surface area is 132 Å². The van der Waals surface area contributed by atoms with Crippen LogP contribution in [0.3, 0.4) is 0 Å². The molecule has 2 aromatic rings. The van der Waals surface area contributed by atoms with Gasteiger partial charge in [-0.15, -0.1) is 0 Å². The molecule has 116 valence electrons. The minimum atomic E-state index is -0.531. The van der Waals surface area contributed by atoms with Crippen molar-refractivity contribution in [2.24, 2.45) is 0 Å². The zero-order valence-electron chi connectivity index (χ0n) is 11.9. The van der Waals surface area contributed by atoms with E-state index in [1.54, 1.807) is 7.11 Å². The number of rotatable bonds is 6. The number of amides is 1. The van der Waals surface area contributed by atoms with Crippen LogP contribution in [-0.2, 0) is 11.3 Å². The van der Waals surface area contributed by atoms with Gasteiger partial charge >= 0.3 is 0 Å². The first-order valence-corrected chi connectivity index (χ1v) is 6.94. The molecule has 0 saturated carbocycles. The van der Waals surface area contributed by atoms with Crippen molar-refractivity contribution in [2.45, 2.75) is 6.54 Å². The molecule has 0 heterocycles. The van der Waals surface area contributed by atoms with Gasteiger partial charge in [0, 0.05) is 12.6 Å². The monoisotopic (exact) mass is 323 g/mol. The molecule has 0 aliphatic rings. The van der Waals surface area contributed by atoms with Crippen LogP contribution in [0.2, 0.25) is 5.02 Å². The van der Waals surface area contributed by atoms with Gasteiger partial charge in [0.25, 0.3) is 5.91 Å². The fraction of sp³-hybridized carbons (Fsp3) is 0.188. The lowest BCUT2D eigenvalue weighted by molar-refractivity contribution is -0.123. The summed E-state index contributed by atoms with van der Waals surface area (Å²) in [6.45, 7) is 0.190. The van der Waals surface area contributed by atoms with Crippen LogP contribution in [0.1, 0.15) is 5.56 Å². The summed E-state index contributed by atoms with van der Waals surface area (Å²) in [4.78, 5) is 11.7. The van der Waals surface area contributed by atoms with Gasteiger partial charge in [-0.2, -0.15) is 0 Å². The predicted molar refractivity (Wildman–Crippen MR) is 81.7 cm³/mol. The van der Waals surface area contributed by atoms with Crippen molar-refractivity contribution in [1.29, 1.82) is 0 Å². The van der Waals surface area contributed by atoms with Crippen LogP contribution < -0.4 is 14.8 Å². The highest BCUT2D eigenvalue weighted by Gasteiger charge is 2.06. The zero-order valence-corrected chi connectivity index (χ0v) is 12.7. The molecule has 2 aromatic carbocycles. The van der Waals surface area contributed by atoms with Crippen LogP contribution in [0.25, 0.3) is 0 Å². The number of carbonyl (C=O) groups excluding carboxylic acids is 1. The van der Waals surface area contributed by atoms with E-state index in [1.165, 1.54) is 18.2 Å². The van der Waals surface area contributed by atoms with E-state index in [4.69, 9.17) is 21.1 Å². The van der Waals surface area contributed by atoms with Crippen molar-refractivity contribution < 1.29 is 18.7 Å². The van der Waals surface area contributed by atoms with Gasteiger partial charge < -0.3 is 14.8 Å². The highest BCUT2D eigenvalue weighted by atomic mass is 35.5. The summed E-state index contributed by atoms with van der Waals surface area (Å²) >= 11 is 5.63. The molecule has 4 nitrogen and oxygen atoms in total. The Kier molecular flexibility index (Phi) is 5.61. The molecule has 2 rings (SSSR count). The van der Waals surface area contributed by atoms with Gasteiger partial charge in [-0.05, 0) is 29.8 Å². The summed E-state index contributed by atoms with van der Waals surface area (Å²) in [7, 11) is 1.58. The van der Waals surface area contributed by atoms with Gasteiger partial charge in [-0.25, -0.2) is 4.39 Å². The molecule has 1 N–H and O–H groups in total. The smallest absolute Gasteiger partial charge is 0.258 e. The molecule has 1 amide bonds. The largest absolute Gasteiger partial charge is 0.497 e. The van der Waals surface area contributed by atoms with Crippen LogP contribution in [0.15, 0.2) is 42.5 Å². The van der Waals surface area contributed by atoms with Crippen LogP contribution in [0.5, 0.6) is 11.5 Å². The van der Waals surface area contributed by atoms with E-state index in [0.29, 0.717) is 12.3 Å². The van der Waals surface area contributed by atoms with Crippen LogP contribution >= 0.6 is 11.6 Å². The van der Waals surface area contributed by atoms with Crippen LogP contribution in [0, 0.1) is 5.82 Å². The van der Waals surface area contributed by atoms with Crippen molar-refractivity contribution in [3.05, 3.63) is 58.9 Å². The van der Waals surface area contributed by atoms with E-state index in [2.05, 4.69) is 5.32 Å². The standard InChI is InChI=1S/C16H15ClFNO3/c1-21-12-4-2-3-11(7-12)9-19-16(20)10-22-13-5-6-15(18)14(17)8-13/h2-8H,9-10H2,1H3,(H,19,20). The Balaban J connectivity index is 1.81. The Bertz CT molecular complexity index is 664. The molecule has 0 saturated heterocycles. The maximum atomic E-state index is 13.0. The Hall–Kier alpha value is -2.27. The highest BCUT2D eigenvalue weighted by Crippen LogP contribution is 2.20. The summed E-state index contributed by atoms with van der Waals surface area (Å²) < 4.78 is 23.3. The number of benzene rings is 2. The van der Waals surface area contributed by atoms with Crippen molar-refractivity contribution in [1.82, 2.24) is 5.32 Å². The van der Waals surface area contributed by atoms with E-state index < -0.39 is 5.82 Å². The van der Waals surface area contributed by atoms with Gasteiger partial charge in [-0.1, -0.05) is 23.7 Å². The van der Waals surface area contributed by atoms with Gasteiger partial charge in [0.2, 0.25) is 0 Å². The number of hydrogen-bond donors (Lipinski definition) is 1. The lowest BCUT2D eigenvalue weighted by Crippen LogP contribution is -2.28. The summed E-state index contributed by atoms with van der Waals surface area (Å²) in [6.07, 6.45) is 0. The van der Waals surface area contributed by atoms with Crippen LogP contribution in [-0.4, -0.2) is 19.6 Å². The first kappa shape index (κ1) is 16.1. The van der Waals surface area contributed by atoms with Crippen molar-refractivity contribution in [2.75, 3.05) is 13.7 Å². The van der Waals surface area contributed by atoms with E-state index in [0.717, 1.165) is 11.3 Å². The Morgan fingerprint density at radius 3 is 2.77 bits per heavy atom. The van der Waals surface area contributed by atoms with E-state index in [-0.39, 0.29) is 17.5 Å². The molecule has 0 bridgehead atoms. The van der Waals surface area contributed by atoms with Crippen molar-refractivity contribution >= 4 is 17.5 Å². The number of methoxy groups -OCH3 is 1. The van der Waals surface area contributed by atoms with Gasteiger partial charge in [0.1, 0.15) is 17.3 Å². The molecule has 0 unspecified atom stereocenters. The maximum Gasteiger partial charge on any atom is 0.258 e. The van der Waals surface area contributed by atoms with Crippen molar-refractivity contribution in [3.8, 4) is 11.5 Å². The second-order valence-corrected chi connectivity index (χ2v) is 4.90. The zero-order chi connectivity index (χ0) is 15.9. The molecule has 0 radical (unpaired) electrons. The minimum absolute atomic E-state index is 0.0470. The number of carbonyl (C=O) groups is 1. The summed E-state index contributed by atoms with van der Waals surface area (Å²) in [5, 5.41) is 2.67. The quantitative estimate of drug-likeness (QED) is 0.888. The van der Waals surface area contributed by atoms with Gasteiger partial charge in [0.15, 0.2) is 6.61 Å². The number of halogens is 2. The highest BCUT2D eigenvalue weighted by molar-refractivity contribution is 6.30. The van der Waals surface area contributed by atoms with E-state index in [1.807, 2.05) is 24.3 Å². The Morgan fingerprint density at radius 2 is 2.05 bits per heavy atom. The summed E-state index contributed by atoms with van der Waals surface area (Å²) in [6, 6.07) is 11.3. The van der Waals surface area contributed by atoms with Gasteiger partial charge in [0.05, 0.1) is 12.1 Å². The number of ether oxygens (including phenoxy) is 2. The number of hydrogen-bond acceptors (Lipinski definition) is 3. The summed E-state index contributed by atoms with van der Waals surface area (Å²) in [5.41, 5.74) is 0.914. The number of nitrogens with one attached hydrogen (secondary N) is 1. The SMILES string of the molecule is COc1cccc(CNC(=O)COc2ccc(F)c(Cl)c2)c1. The molecule has 0 spiro atoms. The van der Waals surface area contributed by atoms with Crippen LogP contribution in [0.4, 0.5) is 4.39 Å². The molecular formula is C16H15ClFNO3. The third kappa shape index (κ3) is 4.63. The summed E-state index contributed by atoms with van der Waals surface area (Å²) in [5.74, 6) is 0.242. The molecule has 0 atom stereocenters. The molecular weight excluding hydrogens is 309 g/mol. The minimum Gasteiger partial charge on any atom is -0.497 e.